The summed E-state index contributed by atoms with van der Waals surface area (Å²) < 4.78 is 26.3. The van der Waals surface area contributed by atoms with Crippen LogP contribution in [0.3, 0.4) is 0 Å². The number of rotatable bonds is 3. The summed E-state index contributed by atoms with van der Waals surface area (Å²) in [4.78, 5) is 11.6. The van der Waals surface area contributed by atoms with E-state index in [1.54, 1.807) is 4.31 Å². The summed E-state index contributed by atoms with van der Waals surface area (Å²) in [5, 5.41) is -0.187. The van der Waals surface area contributed by atoms with E-state index in [4.69, 9.17) is 0 Å². The van der Waals surface area contributed by atoms with Gasteiger partial charge in [0.2, 0.25) is 10.0 Å². The first-order valence-corrected chi connectivity index (χ1v) is 8.07. The van der Waals surface area contributed by atoms with Gasteiger partial charge < -0.3 is 0 Å². The molecule has 1 atom stereocenters. The highest BCUT2D eigenvalue weighted by atomic mass is 32.2. The highest BCUT2D eigenvalue weighted by molar-refractivity contribution is 7.89. The van der Waals surface area contributed by atoms with Crippen LogP contribution in [0.15, 0.2) is 0 Å². The molecule has 0 amide bonds. The van der Waals surface area contributed by atoms with E-state index in [1.807, 2.05) is 6.92 Å². The molecule has 1 aliphatic heterocycles. The highest BCUT2D eigenvalue weighted by Gasteiger charge is 2.38. The topological polar surface area (TPSA) is 54.5 Å². The Balaban J connectivity index is 2.09. The monoisotopic (exact) mass is 259 g/mol. The molecule has 1 saturated heterocycles. The number of nitrogens with zero attached hydrogens (tertiary/aromatic N) is 1. The fourth-order valence-corrected chi connectivity index (χ4v) is 4.95. The van der Waals surface area contributed by atoms with Crippen molar-refractivity contribution in [2.24, 2.45) is 5.92 Å². The molecule has 0 aromatic carbocycles. The Bertz CT molecular complexity index is 385. The third-order valence-electron chi connectivity index (χ3n) is 4.06. The van der Waals surface area contributed by atoms with Gasteiger partial charge in [-0.2, -0.15) is 0 Å². The molecule has 2 rings (SSSR count). The van der Waals surface area contributed by atoms with Gasteiger partial charge in [-0.05, 0) is 19.3 Å². The van der Waals surface area contributed by atoms with Crippen LogP contribution in [0.2, 0.25) is 0 Å². The first kappa shape index (κ1) is 13.0. The summed E-state index contributed by atoms with van der Waals surface area (Å²) in [6, 6.07) is 0. The minimum Gasteiger partial charge on any atom is -0.299 e. The standard InChI is InChI=1S/C12H21NO3S/c1-2-10-9-13(8-7-12(10)14)17(15,16)11-5-3-4-6-11/h10-11H,2-9H2,1H3. The molecule has 1 aliphatic carbocycles. The van der Waals surface area contributed by atoms with Gasteiger partial charge in [0, 0.05) is 25.4 Å². The Labute approximate surface area is 103 Å². The molecule has 0 bridgehead atoms. The number of piperidine rings is 1. The van der Waals surface area contributed by atoms with Crippen LogP contribution in [-0.2, 0) is 14.8 Å². The van der Waals surface area contributed by atoms with Gasteiger partial charge in [-0.1, -0.05) is 19.8 Å². The summed E-state index contributed by atoms with van der Waals surface area (Å²) in [6.07, 6.45) is 4.77. The van der Waals surface area contributed by atoms with E-state index in [-0.39, 0.29) is 17.0 Å². The van der Waals surface area contributed by atoms with E-state index in [1.165, 1.54) is 0 Å². The van der Waals surface area contributed by atoms with E-state index in [9.17, 15) is 13.2 Å². The lowest BCUT2D eigenvalue weighted by atomic mass is 9.96. The minimum atomic E-state index is -3.15. The van der Waals surface area contributed by atoms with Crippen molar-refractivity contribution in [1.82, 2.24) is 4.31 Å². The number of carbonyl (C=O) groups excluding carboxylic acids is 1. The van der Waals surface area contributed by atoms with Crippen LogP contribution in [0, 0.1) is 5.92 Å². The zero-order valence-electron chi connectivity index (χ0n) is 10.4. The quantitative estimate of drug-likeness (QED) is 0.773. The number of Topliss-reactive ketones (excluding diaryl/α,β-unsaturated/α-hetero) is 1. The molecule has 1 heterocycles. The second-order valence-corrected chi connectivity index (χ2v) is 7.34. The number of ketones is 1. The largest absolute Gasteiger partial charge is 0.299 e. The second kappa shape index (κ2) is 5.06. The average Bonchev–Trinajstić information content (AvgIpc) is 2.83. The molecule has 2 fully saturated rings. The summed E-state index contributed by atoms with van der Waals surface area (Å²) in [5.41, 5.74) is 0. The van der Waals surface area contributed by atoms with Crippen LogP contribution < -0.4 is 0 Å². The van der Waals surface area contributed by atoms with E-state index < -0.39 is 10.0 Å². The van der Waals surface area contributed by atoms with Gasteiger partial charge in [-0.3, -0.25) is 4.79 Å². The van der Waals surface area contributed by atoms with Crippen molar-refractivity contribution >= 4 is 15.8 Å². The maximum Gasteiger partial charge on any atom is 0.217 e. The van der Waals surface area contributed by atoms with Crippen molar-refractivity contribution < 1.29 is 13.2 Å². The van der Waals surface area contributed by atoms with Crippen LogP contribution in [0.5, 0.6) is 0 Å². The van der Waals surface area contributed by atoms with E-state index in [0.29, 0.717) is 19.5 Å². The van der Waals surface area contributed by atoms with Crippen LogP contribution >= 0.6 is 0 Å². The molecular weight excluding hydrogens is 238 g/mol. The first-order chi connectivity index (χ1) is 8.05. The Morgan fingerprint density at radius 3 is 2.53 bits per heavy atom. The molecule has 0 radical (unpaired) electrons. The maximum atomic E-state index is 12.4. The van der Waals surface area contributed by atoms with Crippen LogP contribution in [0.4, 0.5) is 0 Å². The average molecular weight is 259 g/mol. The summed E-state index contributed by atoms with van der Waals surface area (Å²) in [6.45, 7) is 2.76. The van der Waals surface area contributed by atoms with Gasteiger partial charge in [0.1, 0.15) is 5.78 Å². The molecule has 5 heteroatoms. The van der Waals surface area contributed by atoms with Gasteiger partial charge in [0.25, 0.3) is 0 Å². The lowest BCUT2D eigenvalue weighted by Gasteiger charge is -2.32. The van der Waals surface area contributed by atoms with Gasteiger partial charge in [0.05, 0.1) is 5.25 Å². The lowest BCUT2D eigenvalue weighted by Crippen LogP contribution is -2.46. The summed E-state index contributed by atoms with van der Waals surface area (Å²) in [5.74, 6) is 0.144. The van der Waals surface area contributed by atoms with Gasteiger partial charge in [-0.15, -0.1) is 0 Å². The van der Waals surface area contributed by atoms with Crippen molar-refractivity contribution in [3.63, 3.8) is 0 Å². The Morgan fingerprint density at radius 1 is 1.29 bits per heavy atom. The van der Waals surface area contributed by atoms with E-state index in [0.717, 1.165) is 32.1 Å². The number of hydrogen-bond donors (Lipinski definition) is 0. The Hall–Kier alpha value is -0.420. The Morgan fingerprint density at radius 2 is 1.94 bits per heavy atom. The van der Waals surface area contributed by atoms with Crippen molar-refractivity contribution in [1.29, 1.82) is 0 Å². The number of hydrogen-bond acceptors (Lipinski definition) is 3. The van der Waals surface area contributed by atoms with Crippen LogP contribution in [0.25, 0.3) is 0 Å². The Kier molecular flexibility index (Phi) is 3.88. The van der Waals surface area contributed by atoms with Crippen LogP contribution in [0.1, 0.15) is 45.4 Å². The highest BCUT2D eigenvalue weighted by Crippen LogP contribution is 2.29. The van der Waals surface area contributed by atoms with Crippen molar-refractivity contribution in [3.8, 4) is 0 Å². The zero-order chi connectivity index (χ0) is 12.5. The fourth-order valence-electron chi connectivity index (χ4n) is 2.86. The van der Waals surface area contributed by atoms with Gasteiger partial charge >= 0.3 is 0 Å². The number of carbonyl (C=O) groups is 1. The van der Waals surface area contributed by atoms with E-state index in [2.05, 4.69) is 0 Å². The lowest BCUT2D eigenvalue weighted by molar-refractivity contribution is -0.125. The van der Waals surface area contributed by atoms with Crippen molar-refractivity contribution in [2.45, 2.75) is 50.7 Å². The molecule has 1 saturated carbocycles. The molecule has 0 aromatic heterocycles. The van der Waals surface area contributed by atoms with E-state index >= 15 is 0 Å². The minimum absolute atomic E-state index is 0.0834. The smallest absolute Gasteiger partial charge is 0.217 e. The molecular formula is C12H21NO3S. The third-order valence-corrected chi connectivity index (χ3v) is 6.43. The van der Waals surface area contributed by atoms with Gasteiger partial charge in [-0.25, -0.2) is 12.7 Å². The normalized spacial score (nSPS) is 28.8. The summed E-state index contributed by atoms with van der Waals surface area (Å²) in [7, 11) is -3.15. The predicted octanol–water partition coefficient (Wildman–Crippen LogP) is 1.56. The first-order valence-electron chi connectivity index (χ1n) is 6.57. The molecule has 17 heavy (non-hydrogen) atoms. The molecule has 98 valence electrons. The molecule has 2 aliphatic rings. The summed E-state index contributed by atoms with van der Waals surface area (Å²) >= 11 is 0. The predicted molar refractivity (Wildman–Crippen MR) is 66.2 cm³/mol. The van der Waals surface area contributed by atoms with Crippen molar-refractivity contribution in [2.75, 3.05) is 13.1 Å². The molecule has 0 N–H and O–H groups in total. The molecule has 1 unspecified atom stereocenters. The second-order valence-electron chi connectivity index (χ2n) is 5.13. The fraction of sp³-hybridized carbons (Fsp3) is 0.917. The molecule has 0 spiro atoms. The number of sulfonamides is 1. The van der Waals surface area contributed by atoms with Crippen LogP contribution in [-0.4, -0.2) is 36.8 Å². The third kappa shape index (κ3) is 2.55. The van der Waals surface area contributed by atoms with Crippen molar-refractivity contribution in [3.05, 3.63) is 0 Å². The SMILES string of the molecule is CCC1CN(S(=O)(=O)C2CCCC2)CCC1=O. The maximum absolute atomic E-state index is 12.4. The zero-order valence-corrected chi connectivity index (χ0v) is 11.2. The van der Waals surface area contributed by atoms with Gasteiger partial charge in [0.15, 0.2) is 0 Å². The molecule has 4 nitrogen and oxygen atoms in total. The molecule has 0 aromatic rings.